The van der Waals surface area contributed by atoms with Crippen molar-refractivity contribution in [2.75, 3.05) is 13.2 Å². The number of benzene rings is 1. The molecule has 5 heteroatoms. The van der Waals surface area contributed by atoms with Gasteiger partial charge in [0.2, 0.25) is 0 Å². The average Bonchev–Trinajstić information content (AvgIpc) is 2.48. The Morgan fingerprint density at radius 3 is 2.65 bits per heavy atom. The predicted molar refractivity (Wildman–Crippen MR) is 73.2 cm³/mol. The Hall–Kier alpha value is -2.56. The standard InChI is InChI=1S/C15H15NO4/c17-15(18)13-6-1-2-7-14(13)20-10-4-9-19-12-5-3-8-16-11-12/h1-3,5-8,11H,4,9-10H2,(H,17,18). The van der Waals surface area contributed by atoms with Gasteiger partial charge in [0, 0.05) is 12.6 Å². The molecule has 1 heterocycles. The SMILES string of the molecule is O=C(O)c1ccccc1OCCCOc1cccnc1. The fraction of sp³-hybridized carbons (Fsp3) is 0.200. The van der Waals surface area contributed by atoms with E-state index in [9.17, 15) is 4.79 Å². The molecule has 0 aliphatic rings. The molecule has 1 aromatic heterocycles. The normalized spacial score (nSPS) is 10.0. The van der Waals surface area contributed by atoms with E-state index in [0.717, 1.165) is 0 Å². The summed E-state index contributed by atoms with van der Waals surface area (Å²) in [5.74, 6) is 0.0898. The van der Waals surface area contributed by atoms with Crippen molar-refractivity contribution in [1.82, 2.24) is 4.98 Å². The van der Waals surface area contributed by atoms with Crippen molar-refractivity contribution < 1.29 is 19.4 Å². The zero-order valence-electron chi connectivity index (χ0n) is 10.9. The van der Waals surface area contributed by atoms with Gasteiger partial charge < -0.3 is 14.6 Å². The highest BCUT2D eigenvalue weighted by Crippen LogP contribution is 2.17. The number of carbonyl (C=O) groups is 1. The lowest BCUT2D eigenvalue weighted by molar-refractivity contribution is 0.0692. The van der Waals surface area contributed by atoms with Crippen molar-refractivity contribution in [2.45, 2.75) is 6.42 Å². The Labute approximate surface area is 116 Å². The van der Waals surface area contributed by atoms with Crippen molar-refractivity contribution in [3.05, 3.63) is 54.4 Å². The van der Waals surface area contributed by atoms with Crippen LogP contribution in [0.2, 0.25) is 0 Å². The molecule has 0 saturated heterocycles. The highest BCUT2D eigenvalue weighted by atomic mass is 16.5. The smallest absolute Gasteiger partial charge is 0.339 e. The summed E-state index contributed by atoms with van der Waals surface area (Å²) in [5.41, 5.74) is 0.167. The zero-order chi connectivity index (χ0) is 14.2. The maximum absolute atomic E-state index is 11.0. The van der Waals surface area contributed by atoms with Gasteiger partial charge >= 0.3 is 5.97 Å². The van der Waals surface area contributed by atoms with Crippen molar-refractivity contribution >= 4 is 5.97 Å². The van der Waals surface area contributed by atoms with Crippen LogP contribution < -0.4 is 9.47 Å². The van der Waals surface area contributed by atoms with Gasteiger partial charge in [-0.3, -0.25) is 4.98 Å². The summed E-state index contributed by atoms with van der Waals surface area (Å²) >= 11 is 0. The molecule has 20 heavy (non-hydrogen) atoms. The number of carboxylic acids is 1. The molecule has 0 saturated carbocycles. The Morgan fingerprint density at radius 2 is 1.90 bits per heavy atom. The van der Waals surface area contributed by atoms with Gasteiger partial charge in [-0.25, -0.2) is 4.79 Å². The van der Waals surface area contributed by atoms with E-state index in [1.54, 1.807) is 36.7 Å². The third-order valence-electron chi connectivity index (χ3n) is 2.57. The van der Waals surface area contributed by atoms with Crippen LogP contribution >= 0.6 is 0 Å². The van der Waals surface area contributed by atoms with E-state index < -0.39 is 5.97 Å². The number of aromatic carboxylic acids is 1. The fourth-order valence-electron chi connectivity index (χ4n) is 1.63. The topological polar surface area (TPSA) is 68.7 Å². The molecule has 2 rings (SSSR count). The highest BCUT2D eigenvalue weighted by molar-refractivity contribution is 5.90. The molecule has 0 atom stereocenters. The second-order valence-electron chi connectivity index (χ2n) is 4.04. The molecule has 1 N–H and O–H groups in total. The fourth-order valence-corrected chi connectivity index (χ4v) is 1.63. The van der Waals surface area contributed by atoms with Gasteiger partial charge in [0.25, 0.3) is 0 Å². The lowest BCUT2D eigenvalue weighted by Gasteiger charge is -2.09. The molecule has 0 aliphatic heterocycles. The summed E-state index contributed by atoms with van der Waals surface area (Å²) in [7, 11) is 0. The number of carboxylic acid groups (broad SMARTS) is 1. The van der Waals surface area contributed by atoms with Crippen LogP contribution in [0.1, 0.15) is 16.8 Å². The van der Waals surface area contributed by atoms with E-state index in [1.807, 2.05) is 6.07 Å². The number of hydrogen-bond acceptors (Lipinski definition) is 4. The minimum absolute atomic E-state index is 0.167. The molecule has 0 fully saturated rings. The molecule has 0 amide bonds. The van der Waals surface area contributed by atoms with E-state index in [-0.39, 0.29) is 5.56 Å². The van der Waals surface area contributed by atoms with Gasteiger partial charge in [-0.15, -0.1) is 0 Å². The number of para-hydroxylation sites is 1. The van der Waals surface area contributed by atoms with Crippen molar-refractivity contribution in [1.29, 1.82) is 0 Å². The summed E-state index contributed by atoms with van der Waals surface area (Å²) in [6, 6.07) is 10.2. The van der Waals surface area contributed by atoms with Gasteiger partial charge in [-0.1, -0.05) is 12.1 Å². The summed E-state index contributed by atoms with van der Waals surface area (Å²) in [6.45, 7) is 0.880. The lowest BCUT2D eigenvalue weighted by atomic mass is 10.2. The first-order valence-electron chi connectivity index (χ1n) is 6.25. The molecule has 1 aromatic carbocycles. The van der Waals surface area contributed by atoms with Crippen LogP contribution in [-0.2, 0) is 0 Å². The van der Waals surface area contributed by atoms with Crippen LogP contribution in [0.4, 0.5) is 0 Å². The van der Waals surface area contributed by atoms with Crippen molar-refractivity contribution in [2.24, 2.45) is 0 Å². The predicted octanol–water partition coefficient (Wildman–Crippen LogP) is 2.63. The Morgan fingerprint density at radius 1 is 1.10 bits per heavy atom. The molecular formula is C15H15NO4. The largest absolute Gasteiger partial charge is 0.493 e. The molecule has 0 aliphatic carbocycles. The quantitative estimate of drug-likeness (QED) is 0.785. The monoisotopic (exact) mass is 273 g/mol. The first-order chi connectivity index (χ1) is 9.77. The Balaban J connectivity index is 1.75. The van der Waals surface area contributed by atoms with Crippen LogP contribution in [0.15, 0.2) is 48.8 Å². The minimum atomic E-state index is -0.993. The number of pyridine rings is 1. The van der Waals surface area contributed by atoms with Gasteiger partial charge in [0.05, 0.1) is 19.4 Å². The number of ether oxygens (including phenoxy) is 2. The highest BCUT2D eigenvalue weighted by Gasteiger charge is 2.09. The maximum atomic E-state index is 11.0. The minimum Gasteiger partial charge on any atom is -0.493 e. The summed E-state index contributed by atoms with van der Waals surface area (Å²) in [6.07, 6.45) is 3.97. The van der Waals surface area contributed by atoms with Crippen molar-refractivity contribution in [3.63, 3.8) is 0 Å². The third kappa shape index (κ3) is 3.98. The van der Waals surface area contributed by atoms with Crippen LogP contribution in [0.3, 0.4) is 0 Å². The number of nitrogens with zero attached hydrogens (tertiary/aromatic N) is 1. The van der Waals surface area contributed by atoms with Gasteiger partial charge in [0.15, 0.2) is 0 Å². The first-order valence-corrected chi connectivity index (χ1v) is 6.25. The number of aromatic nitrogens is 1. The Kier molecular flexibility index (Phi) is 4.94. The van der Waals surface area contributed by atoms with Crippen LogP contribution in [0.5, 0.6) is 11.5 Å². The summed E-state index contributed by atoms with van der Waals surface area (Å²) in [4.78, 5) is 14.9. The van der Waals surface area contributed by atoms with Gasteiger partial charge in [-0.05, 0) is 24.3 Å². The summed E-state index contributed by atoms with van der Waals surface area (Å²) < 4.78 is 10.9. The van der Waals surface area contributed by atoms with Crippen LogP contribution in [-0.4, -0.2) is 29.3 Å². The van der Waals surface area contributed by atoms with Gasteiger partial charge in [-0.2, -0.15) is 0 Å². The Bertz CT molecular complexity index is 557. The molecule has 0 bridgehead atoms. The molecule has 104 valence electrons. The van der Waals surface area contributed by atoms with Crippen molar-refractivity contribution in [3.8, 4) is 11.5 Å². The van der Waals surface area contributed by atoms with Gasteiger partial charge in [0.1, 0.15) is 17.1 Å². The van der Waals surface area contributed by atoms with E-state index >= 15 is 0 Å². The lowest BCUT2D eigenvalue weighted by Crippen LogP contribution is -2.07. The van der Waals surface area contributed by atoms with E-state index in [4.69, 9.17) is 14.6 Å². The molecule has 0 radical (unpaired) electrons. The van der Waals surface area contributed by atoms with Crippen LogP contribution in [0, 0.1) is 0 Å². The molecule has 0 spiro atoms. The zero-order valence-corrected chi connectivity index (χ0v) is 10.9. The summed E-state index contributed by atoms with van der Waals surface area (Å²) in [5, 5.41) is 9.01. The first kappa shape index (κ1) is 13.9. The average molecular weight is 273 g/mol. The third-order valence-corrected chi connectivity index (χ3v) is 2.57. The van der Waals surface area contributed by atoms with E-state index in [0.29, 0.717) is 31.1 Å². The second kappa shape index (κ2) is 7.13. The molecule has 0 unspecified atom stereocenters. The maximum Gasteiger partial charge on any atom is 0.339 e. The molecule has 2 aromatic rings. The van der Waals surface area contributed by atoms with E-state index in [1.165, 1.54) is 6.07 Å². The number of hydrogen-bond donors (Lipinski definition) is 1. The molecule has 5 nitrogen and oxygen atoms in total. The number of rotatable bonds is 7. The van der Waals surface area contributed by atoms with E-state index in [2.05, 4.69) is 4.98 Å². The molecular weight excluding hydrogens is 258 g/mol. The van der Waals surface area contributed by atoms with Crippen LogP contribution in [0.25, 0.3) is 0 Å². The second-order valence-corrected chi connectivity index (χ2v) is 4.04.